The van der Waals surface area contributed by atoms with Gasteiger partial charge < -0.3 is 5.73 Å². The van der Waals surface area contributed by atoms with E-state index >= 15 is 0 Å². The standard InChI is InChI=1S/C14H15ClN2S2/c15-10-5-3-4-9(8-10)12-13(16)19-14(17-12)18-11-6-1-2-7-11/h3-5,8,11H,1-2,6-7,16H2. The van der Waals surface area contributed by atoms with Gasteiger partial charge in [-0.15, -0.1) is 0 Å². The third kappa shape index (κ3) is 3.07. The van der Waals surface area contributed by atoms with Gasteiger partial charge in [0, 0.05) is 15.8 Å². The zero-order valence-electron chi connectivity index (χ0n) is 10.4. The van der Waals surface area contributed by atoms with E-state index in [-0.39, 0.29) is 0 Å². The van der Waals surface area contributed by atoms with E-state index in [1.807, 2.05) is 36.0 Å². The molecule has 0 saturated heterocycles. The molecule has 1 saturated carbocycles. The van der Waals surface area contributed by atoms with Crippen molar-refractivity contribution in [3.63, 3.8) is 0 Å². The highest BCUT2D eigenvalue weighted by molar-refractivity contribution is 8.01. The van der Waals surface area contributed by atoms with Crippen molar-refractivity contribution in [3.05, 3.63) is 29.3 Å². The van der Waals surface area contributed by atoms with Crippen LogP contribution in [-0.2, 0) is 0 Å². The Hall–Kier alpha value is -0.710. The summed E-state index contributed by atoms with van der Waals surface area (Å²) in [5.74, 6) is 0. The number of aromatic nitrogens is 1. The molecular weight excluding hydrogens is 296 g/mol. The fourth-order valence-corrected chi connectivity index (χ4v) is 5.00. The number of thiazole rings is 1. The molecule has 1 aliphatic rings. The SMILES string of the molecule is Nc1sc(SC2CCCC2)nc1-c1cccc(Cl)c1. The first-order valence-electron chi connectivity index (χ1n) is 6.41. The van der Waals surface area contributed by atoms with E-state index < -0.39 is 0 Å². The van der Waals surface area contributed by atoms with Crippen LogP contribution in [0.4, 0.5) is 5.00 Å². The van der Waals surface area contributed by atoms with Crippen molar-refractivity contribution in [2.45, 2.75) is 35.3 Å². The third-order valence-electron chi connectivity index (χ3n) is 3.30. The van der Waals surface area contributed by atoms with Gasteiger partial charge in [0.25, 0.3) is 0 Å². The topological polar surface area (TPSA) is 38.9 Å². The van der Waals surface area contributed by atoms with Crippen LogP contribution in [0.5, 0.6) is 0 Å². The zero-order valence-corrected chi connectivity index (χ0v) is 12.8. The minimum absolute atomic E-state index is 0.717. The molecule has 0 bridgehead atoms. The zero-order chi connectivity index (χ0) is 13.2. The Morgan fingerprint density at radius 3 is 2.84 bits per heavy atom. The second-order valence-corrected chi connectivity index (χ2v) is 7.74. The molecule has 0 spiro atoms. The maximum absolute atomic E-state index is 6.10. The van der Waals surface area contributed by atoms with Crippen molar-refractivity contribution < 1.29 is 0 Å². The molecule has 2 N–H and O–H groups in total. The molecule has 19 heavy (non-hydrogen) atoms. The molecule has 100 valence electrons. The first-order valence-corrected chi connectivity index (χ1v) is 8.48. The highest BCUT2D eigenvalue weighted by Gasteiger charge is 2.19. The summed E-state index contributed by atoms with van der Waals surface area (Å²) in [6.45, 7) is 0. The summed E-state index contributed by atoms with van der Waals surface area (Å²) in [5.41, 5.74) is 7.97. The van der Waals surface area contributed by atoms with E-state index in [0.29, 0.717) is 0 Å². The van der Waals surface area contributed by atoms with Crippen LogP contribution < -0.4 is 5.73 Å². The fraction of sp³-hybridized carbons (Fsp3) is 0.357. The minimum Gasteiger partial charge on any atom is -0.389 e. The van der Waals surface area contributed by atoms with Gasteiger partial charge in [-0.05, 0) is 25.0 Å². The molecule has 0 aliphatic heterocycles. The van der Waals surface area contributed by atoms with E-state index in [0.717, 1.165) is 30.9 Å². The van der Waals surface area contributed by atoms with Crippen molar-refractivity contribution in [1.82, 2.24) is 4.98 Å². The average Bonchev–Trinajstić information content (AvgIpc) is 3.00. The summed E-state index contributed by atoms with van der Waals surface area (Å²) in [7, 11) is 0. The molecule has 1 heterocycles. The van der Waals surface area contributed by atoms with Crippen LogP contribution >= 0.6 is 34.7 Å². The van der Waals surface area contributed by atoms with Crippen molar-refractivity contribution in [1.29, 1.82) is 0 Å². The molecule has 1 aromatic carbocycles. The lowest BCUT2D eigenvalue weighted by Crippen LogP contribution is -1.92. The molecule has 0 unspecified atom stereocenters. The number of thioether (sulfide) groups is 1. The van der Waals surface area contributed by atoms with E-state index in [9.17, 15) is 0 Å². The lowest BCUT2D eigenvalue weighted by Gasteiger charge is -2.04. The van der Waals surface area contributed by atoms with Gasteiger partial charge in [-0.3, -0.25) is 0 Å². The van der Waals surface area contributed by atoms with E-state index in [1.165, 1.54) is 25.7 Å². The Labute approximate surface area is 126 Å². The third-order valence-corrected chi connectivity index (χ3v) is 5.85. The first-order chi connectivity index (χ1) is 9.22. The fourth-order valence-electron chi connectivity index (χ4n) is 2.35. The molecule has 1 fully saturated rings. The summed E-state index contributed by atoms with van der Waals surface area (Å²) >= 11 is 9.49. The second kappa shape index (κ2) is 5.73. The Bertz CT molecular complexity index is 577. The predicted molar refractivity (Wildman–Crippen MR) is 85.1 cm³/mol. The van der Waals surface area contributed by atoms with Gasteiger partial charge in [-0.2, -0.15) is 0 Å². The maximum Gasteiger partial charge on any atom is 0.152 e. The van der Waals surface area contributed by atoms with E-state index in [2.05, 4.69) is 4.98 Å². The molecule has 5 heteroatoms. The van der Waals surface area contributed by atoms with Crippen LogP contribution in [0, 0.1) is 0 Å². The van der Waals surface area contributed by atoms with Crippen LogP contribution in [0.2, 0.25) is 5.02 Å². The van der Waals surface area contributed by atoms with Gasteiger partial charge in [0.2, 0.25) is 0 Å². The van der Waals surface area contributed by atoms with Gasteiger partial charge in [0.15, 0.2) is 4.34 Å². The van der Waals surface area contributed by atoms with Crippen molar-refractivity contribution >= 4 is 39.7 Å². The van der Waals surface area contributed by atoms with Gasteiger partial charge in [0.1, 0.15) is 10.7 Å². The van der Waals surface area contributed by atoms with Gasteiger partial charge >= 0.3 is 0 Å². The number of benzene rings is 1. The van der Waals surface area contributed by atoms with Crippen LogP contribution in [0.25, 0.3) is 11.3 Å². The molecule has 0 radical (unpaired) electrons. The number of hydrogen-bond acceptors (Lipinski definition) is 4. The summed E-state index contributed by atoms with van der Waals surface area (Å²) < 4.78 is 1.08. The highest BCUT2D eigenvalue weighted by atomic mass is 35.5. The Balaban J connectivity index is 1.84. The number of nitrogens with zero attached hydrogens (tertiary/aromatic N) is 1. The summed E-state index contributed by atoms with van der Waals surface area (Å²) in [4.78, 5) is 4.68. The molecule has 0 atom stereocenters. The van der Waals surface area contributed by atoms with Crippen LogP contribution in [0.15, 0.2) is 28.6 Å². The smallest absolute Gasteiger partial charge is 0.152 e. The highest BCUT2D eigenvalue weighted by Crippen LogP contribution is 2.41. The maximum atomic E-state index is 6.10. The summed E-state index contributed by atoms with van der Waals surface area (Å²) in [5, 5.41) is 2.22. The van der Waals surface area contributed by atoms with Gasteiger partial charge in [-0.25, -0.2) is 4.98 Å². The van der Waals surface area contributed by atoms with E-state index in [4.69, 9.17) is 17.3 Å². The Kier molecular flexibility index (Phi) is 4.01. The van der Waals surface area contributed by atoms with Crippen LogP contribution in [-0.4, -0.2) is 10.2 Å². The molecule has 2 aromatic rings. The largest absolute Gasteiger partial charge is 0.389 e. The molecule has 1 aromatic heterocycles. The van der Waals surface area contributed by atoms with Crippen molar-refractivity contribution in [2.75, 3.05) is 5.73 Å². The number of hydrogen-bond donors (Lipinski definition) is 1. The molecule has 2 nitrogen and oxygen atoms in total. The Morgan fingerprint density at radius 2 is 2.11 bits per heavy atom. The van der Waals surface area contributed by atoms with Crippen molar-refractivity contribution in [3.8, 4) is 11.3 Å². The van der Waals surface area contributed by atoms with Crippen molar-refractivity contribution in [2.24, 2.45) is 0 Å². The Morgan fingerprint density at radius 1 is 1.32 bits per heavy atom. The lowest BCUT2D eigenvalue weighted by atomic mass is 10.2. The number of halogens is 1. The number of nitrogens with two attached hydrogens (primary N) is 1. The van der Waals surface area contributed by atoms with Crippen LogP contribution in [0.3, 0.4) is 0 Å². The molecule has 3 rings (SSSR count). The van der Waals surface area contributed by atoms with Gasteiger partial charge in [-0.1, -0.05) is 59.7 Å². The number of nitrogen functional groups attached to an aromatic ring is 1. The number of rotatable bonds is 3. The first kappa shape index (κ1) is 13.3. The quantitative estimate of drug-likeness (QED) is 0.859. The average molecular weight is 311 g/mol. The van der Waals surface area contributed by atoms with E-state index in [1.54, 1.807) is 11.3 Å². The minimum atomic E-state index is 0.717. The normalized spacial score (nSPS) is 16.1. The number of anilines is 1. The summed E-state index contributed by atoms with van der Waals surface area (Å²) in [6.07, 6.45) is 5.30. The predicted octanol–water partition coefficient (Wildman–Crippen LogP) is 5.08. The van der Waals surface area contributed by atoms with Crippen LogP contribution in [0.1, 0.15) is 25.7 Å². The second-order valence-electron chi connectivity index (χ2n) is 4.73. The van der Waals surface area contributed by atoms with Gasteiger partial charge in [0.05, 0.1) is 0 Å². The molecule has 0 amide bonds. The molecule has 1 aliphatic carbocycles. The lowest BCUT2D eigenvalue weighted by molar-refractivity contribution is 0.886. The molecular formula is C14H15ClN2S2. The summed E-state index contributed by atoms with van der Waals surface area (Å²) in [6, 6.07) is 7.71. The monoisotopic (exact) mass is 310 g/mol.